The Bertz CT molecular complexity index is 415. The van der Waals surface area contributed by atoms with Crippen molar-refractivity contribution in [1.82, 2.24) is 4.98 Å². The largest absolute Gasteiger partial charge is 0.330 e. The molecule has 0 saturated heterocycles. The van der Waals surface area contributed by atoms with Gasteiger partial charge >= 0.3 is 0 Å². The standard InChI is InChI=1S/C13H19Cl2N3O/c1-9-8-10(14)17-13(15)12(9)18-11(19)6-4-2-3-5-7-16/h8H,2-7,16H2,1H3,(H,18,19). The molecule has 0 aliphatic rings. The van der Waals surface area contributed by atoms with Gasteiger partial charge in [-0.1, -0.05) is 36.0 Å². The van der Waals surface area contributed by atoms with E-state index >= 15 is 0 Å². The Kier molecular flexibility index (Phi) is 7.13. The predicted octanol–water partition coefficient (Wildman–Crippen LogP) is 3.54. The zero-order valence-corrected chi connectivity index (χ0v) is 12.5. The summed E-state index contributed by atoms with van der Waals surface area (Å²) in [7, 11) is 0. The normalized spacial score (nSPS) is 10.5. The Hall–Kier alpha value is -0.840. The van der Waals surface area contributed by atoms with Crippen molar-refractivity contribution in [2.24, 2.45) is 5.73 Å². The fourth-order valence-electron chi connectivity index (χ4n) is 1.73. The Balaban J connectivity index is 2.44. The van der Waals surface area contributed by atoms with E-state index in [2.05, 4.69) is 10.3 Å². The lowest BCUT2D eigenvalue weighted by Crippen LogP contribution is -2.13. The van der Waals surface area contributed by atoms with Gasteiger partial charge in [0.15, 0.2) is 5.15 Å². The summed E-state index contributed by atoms with van der Waals surface area (Å²) in [4.78, 5) is 15.7. The molecule has 0 bridgehead atoms. The minimum Gasteiger partial charge on any atom is -0.330 e. The molecule has 106 valence electrons. The molecule has 6 heteroatoms. The summed E-state index contributed by atoms with van der Waals surface area (Å²) in [5.74, 6) is -0.0538. The van der Waals surface area contributed by atoms with Crippen molar-refractivity contribution in [2.45, 2.75) is 39.0 Å². The van der Waals surface area contributed by atoms with Gasteiger partial charge in [-0.25, -0.2) is 4.98 Å². The van der Waals surface area contributed by atoms with Gasteiger partial charge in [0.1, 0.15) is 5.15 Å². The van der Waals surface area contributed by atoms with Gasteiger partial charge in [0.05, 0.1) is 5.69 Å². The van der Waals surface area contributed by atoms with Crippen LogP contribution in [0.25, 0.3) is 0 Å². The SMILES string of the molecule is Cc1cc(Cl)nc(Cl)c1NC(=O)CCCCCCN. The lowest BCUT2D eigenvalue weighted by molar-refractivity contribution is -0.116. The van der Waals surface area contributed by atoms with Gasteiger partial charge in [-0.2, -0.15) is 0 Å². The van der Waals surface area contributed by atoms with Gasteiger partial charge in [0.25, 0.3) is 0 Å². The monoisotopic (exact) mass is 303 g/mol. The zero-order valence-electron chi connectivity index (χ0n) is 11.0. The number of aryl methyl sites for hydroxylation is 1. The first-order valence-electron chi connectivity index (χ1n) is 6.37. The summed E-state index contributed by atoms with van der Waals surface area (Å²) in [6.45, 7) is 2.54. The summed E-state index contributed by atoms with van der Waals surface area (Å²) in [6, 6.07) is 1.67. The van der Waals surface area contributed by atoms with E-state index < -0.39 is 0 Å². The molecule has 4 nitrogen and oxygen atoms in total. The van der Waals surface area contributed by atoms with Crippen molar-refractivity contribution in [3.8, 4) is 0 Å². The maximum atomic E-state index is 11.8. The molecule has 1 aromatic heterocycles. The molecule has 0 aliphatic carbocycles. The summed E-state index contributed by atoms with van der Waals surface area (Å²) < 4.78 is 0. The van der Waals surface area contributed by atoms with E-state index in [4.69, 9.17) is 28.9 Å². The molecule has 0 unspecified atom stereocenters. The quantitative estimate of drug-likeness (QED) is 0.598. The maximum Gasteiger partial charge on any atom is 0.224 e. The average Bonchev–Trinajstić information content (AvgIpc) is 2.33. The Morgan fingerprint density at radius 1 is 1.32 bits per heavy atom. The van der Waals surface area contributed by atoms with Crippen LogP contribution < -0.4 is 11.1 Å². The lowest BCUT2D eigenvalue weighted by Gasteiger charge is -2.10. The number of nitrogens with one attached hydrogen (secondary N) is 1. The first-order chi connectivity index (χ1) is 9.04. The van der Waals surface area contributed by atoms with Gasteiger partial charge < -0.3 is 11.1 Å². The van der Waals surface area contributed by atoms with Gasteiger partial charge in [-0.15, -0.1) is 0 Å². The maximum absolute atomic E-state index is 11.8. The molecule has 0 aromatic carbocycles. The molecule has 0 radical (unpaired) electrons. The van der Waals surface area contributed by atoms with E-state index in [0.717, 1.165) is 31.2 Å². The number of anilines is 1. The molecule has 1 heterocycles. The van der Waals surface area contributed by atoms with Crippen molar-refractivity contribution < 1.29 is 4.79 Å². The summed E-state index contributed by atoms with van der Waals surface area (Å²) in [5, 5.41) is 3.33. The summed E-state index contributed by atoms with van der Waals surface area (Å²) in [5.41, 5.74) is 6.75. The Labute approximate surface area is 123 Å². The molecular formula is C13H19Cl2N3O. The minimum absolute atomic E-state index is 0.0538. The number of aromatic nitrogens is 1. The van der Waals surface area contributed by atoms with Crippen LogP contribution in [0.2, 0.25) is 10.3 Å². The van der Waals surface area contributed by atoms with Crippen LogP contribution in [0.1, 0.15) is 37.7 Å². The fourth-order valence-corrected chi connectivity index (χ4v) is 2.31. The van der Waals surface area contributed by atoms with E-state index in [0.29, 0.717) is 23.8 Å². The van der Waals surface area contributed by atoms with Crippen LogP contribution in [-0.2, 0) is 4.79 Å². The third kappa shape index (κ3) is 5.76. The third-order valence-corrected chi connectivity index (χ3v) is 3.23. The number of hydrogen-bond donors (Lipinski definition) is 2. The van der Waals surface area contributed by atoms with Crippen LogP contribution >= 0.6 is 23.2 Å². The third-order valence-electron chi connectivity index (χ3n) is 2.76. The van der Waals surface area contributed by atoms with Crippen molar-refractivity contribution in [3.63, 3.8) is 0 Å². The van der Waals surface area contributed by atoms with Gasteiger partial charge in [0, 0.05) is 6.42 Å². The minimum atomic E-state index is -0.0538. The van der Waals surface area contributed by atoms with E-state index in [1.807, 2.05) is 6.92 Å². The van der Waals surface area contributed by atoms with E-state index in [1.54, 1.807) is 6.07 Å². The first kappa shape index (κ1) is 16.2. The number of pyridine rings is 1. The van der Waals surface area contributed by atoms with Crippen LogP contribution in [-0.4, -0.2) is 17.4 Å². The number of unbranched alkanes of at least 4 members (excludes halogenated alkanes) is 3. The second-order valence-electron chi connectivity index (χ2n) is 4.43. The van der Waals surface area contributed by atoms with Crippen molar-refractivity contribution >= 4 is 34.8 Å². The van der Waals surface area contributed by atoms with Crippen molar-refractivity contribution in [2.75, 3.05) is 11.9 Å². The van der Waals surface area contributed by atoms with Crippen LogP contribution in [0.15, 0.2) is 6.07 Å². The van der Waals surface area contributed by atoms with Gasteiger partial charge in [-0.3, -0.25) is 4.79 Å². The van der Waals surface area contributed by atoms with E-state index in [-0.39, 0.29) is 11.1 Å². The van der Waals surface area contributed by atoms with Crippen LogP contribution in [0.3, 0.4) is 0 Å². The molecule has 0 atom stereocenters. The molecular weight excluding hydrogens is 285 g/mol. The van der Waals surface area contributed by atoms with Crippen LogP contribution in [0.4, 0.5) is 5.69 Å². The Morgan fingerprint density at radius 2 is 2.00 bits per heavy atom. The highest BCUT2D eigenvalue weighted by Crippen LogP contribution is 2.26. The topological polar surface area (TPSA) is 68.0 Å². The van der Waals surface area contributed by atoms with Gasteiger partial charge in [0.2, 0.25) is 5.91 Å². The number of rotatable bonds is 7. The van der Waals surface area contributed by atoms with Crippen molar-refractivity contribution in [3.05, 3.63) is 21.9 Å². The number of hydrogen-bond acceptors (Lipinski definition) is 3. The smallest absolute Gasteiger partial charge is 0.224 e. The highest BCUT2D eigenvalue weighted by molar-refractivity contribution is 6.34. The highest BCUT2D eigenvalue weighted by atomic mass is 35.5. The first-order valence-corrected chi connectivity index (χ1v) is 7.12. The molecule has 1 rings (SSSR count). The molecule has 3 N–H and O–H groups in total. The Morgan fingerprint density at radius 3 is 2.63 bits per heavy atom. The van der Waals surface area contributed by atoms with Crippen molar-refractivity contribution in [1.29, 1.82) is 0 Å². The summed E-state index contributed by atoms with van der Waals surface area (Å²) in [6.07, 6.45) is 4.41. The second-order valence-corrected chi connectivity index (χ2v) is 5.17. The van der Waals surface area contributed by atoms with Gasteiger partial charge in [-0.05, 0) is 37.9 Å². The average molecular weight is 304 g/mol. The molecule has 0 spiro atoms. The molecule has 0 fully saturated rings. The van der Waals surface area contributed by atoms with E-state index in [1.165, 1.54) is 0 Å². The van der Waals surface area contributed by atoms with E-state index in [9.17, 15) is 4.79 Å². The molecule has 0 saturated carbocycles. The van der Waals surface area contributed by atoms with Crippen LogP contribution in [0.5, 0.6) is 0 Å². The fraction of sp³-hybridized carbons (Fsp3) is 0.538. The molecule has 19 heavy (non-hydrogen) atoms. The summed E-state index contributed by atoms with van der Waals surface area (Å²) >= 11 is 11.7. The zero-order chi connectivity index (χ0) is 14.3. The second kappa shape index (κ2) is 8.35. The highest BCUT2D eigenvalue weighted by Gasteiger charge is 2.10. The number of halogens is 2. The lowest BCUT2D eigenvalue weighted by atomic mass is 10.1. The molecule has 1 aromatic rings. The number of carbonyl (C=O) groups excluding carboxylic acids is 1. The van der Waals surface area contributed by atoms with Crippen LogP contribution in [0, 0.1) is 6.92 Å². The number of nitrogens with two attached hydrogens (primary N) is 1. The number of nitrogens with zero attached hydrogens (tertiary/aromatic N) is 1. The number of amides is 1. The predicted molar refractivity (Wildman–Crippen MR) is 79.8 cm³/mol. The molecule has 0 aliphatic heterocycles. The molecule has 1 amide bonds. The number of carbonyl (C=O) groups is 1.